The lowest BCUT2D eigenvalue weighted by Crippen LogP contribution is -2.37. The van der Waals surface area contributed by atoms with Crippen LogP contribution < -0.4 is 0 Å². The number of rotatable bonds is 8. The molecule has 0 radical (unpaired) electrons. The molecule has 0 aromatic rings. The molecule has 100 valence electrons. The van der Waals surface area contributed by atoms with Gasteiger partial charge in [-0.1, -0.05) is 0 Å². The van der Waals surface area contributed by atoms with Crippen LogP contribution in [0.1, 0.15) is 19.3 Å². The van der Waals surface area contributed by atoms with Gasteiger partial charge in [0, 0.05) is 26.4 Å². The Morgan fingerprint density at radius 3 is 2.82 bits per heavy atom. The Kier molecular flexibility index (Phi) is 6.38. The number of nitrogens with zero attached hydrogens (tertiary/aromatic N) is 1. The molecule has 1 aliphatic heterocycles. The van der Waals surface area contributed by atoms with Crippen molar-refractivity contribution in [2.24, 2.45) is 0 Å². The molecule has 0 spiro atoms. The Hall–Kier alpha value is -0.730. The second kappa shape index (κ2) is 7.57. The van der Waals surface area contributed by atoms with E-state index >= 15 is 0 Å². The van der Waals surface area contributed by atoms with Gasteiger partial charge in [-0.2, -0.15) is 5.06 Å². The van der Waals surface area contributed by atoms with Gasteiger partial charge in [0.15, 0.2) is 12.5 Å². The minimum Gasteiger partial charge on any atom is -0.382 e. The maximum absolute atomic E-state index is 11.2. The molecule has 1 saturated heterocycles. The number of carbonyl (C=O) groups excluding carboxylic acids is 1. The van der Waals surface area contributed by atoms with E-state index in [1.165, 1.54) is 0 Å². The van der Waals surface area contributed by atoms with Crippen LogP contribution in [0.3, 0.4) is 0 Å². The van der Waals surface area contributed by atoms with E-state index in [1.807, 2.05) is 0 Å². The van der Waals surface area contributed by atoms with Crippen molar-refractivity contribution in [3.63, 3.8) is 0 Å². The van der Waals surface area contributed by atoms with E-state index in [0.29, 0.717) is 26.2 Å². The van der Waals surface area contributed by atoms with E-state index in [0.717, 1.165) is 5.06 Å². The van der Waals surface area contributed by atoms with Crippen molar-refractivity contribution in [3.8, 4) is 0 Å². The van der Waals surface area contributed by atoms with Gasteiger partial charge in [0.2, 0.25) is 5.91 Å². The van der Waals surface area contributed by atoms with Crippen molar-refractivity contribution in [2.45, 2.75) is 31.8 Å². The van der Waals surface area contributed by atoms with Crippen molar-refractivity contribution < 1.29 is 29.3 Å². The quantitative estimate of drug-likeness (QED) is 0.434. The van der Waals surface area contributed by atoms with Crippen LogP contribution in [-0.4, -0.2) is 60.6 Å². The largest absolute Gasteiger partial charge is 0.382 e. The highest BCUT2D eigenvalue weighted by Gasteiger charge is 2.32. The molecule has 1 fully saturated rings. The van der Waals surface area contributed by atoms with E-state index in [9.17, 15) is 15.0 Å². The molecule has 1 heterocycles. The molecular weight excluding hydrogens is 230 g/mol. The molecule has 0 saturated carbocycles. The Labute approximate surface area is 99.8 Å². The number of carbonyl (C=O) groups is 1. The number of ether oxygens (including phenoxy) is 2. The molecule has 7 nitrogen and oxygen atoms in total. The lowest BCUT2D eigenvalue weighted by atomic mass is 10.4. The van der Waals surface area contributed by atoms with Gasteiger partial charge in [0.25, 0.3) is 0 Å². The molecule has 0 bridgehead atoms. The minimum absolute atomic E-state index is 0.222. The standard InChI is InChI=1S/C10H19NO6/c1-15-6-7-16-5-4-10(14)17-11-8(12)2-3-9(11)13/h8,10,12,14H,2-7H2,1H3. The number of hydroxylamine groups is 2. The minimum atomic E-state index is -1.16. The third-order valence-corrected chi connectivity index (χ3v) is 2.31. The predicted molar refractivity (Wildman–Crippen MR) is 56.5 cm³/mol. The molecule has 17 heavy (non-hydrogen) atoms. The van der Waals surface area contributed by atoms with Gasteiger partial charge in [0.1, 0.15) is 0 Å². The Bertz CT molecular complexity index is 237. The van der Waals surface area contributed by atoms with Crippen molar-refractivity contribution in [3.05, 3.63) is 0 Å². The van der Waals surface area contributed by atoms with E-state index in [2.05, 4.69) is 0 Å². The fraction of sp³-hybridized carbons (Fsp3) is 0.900. The number of amides is 1. The van der Waals surface area contributed by atoms with Crippen molar-refractivity contribution in [1.82, 2.24) is 5.06 Å². The molecule has 0 aromatic carbocycles. The van der Waals surface area contributed by atoms with Gasteiger partial charge < -0.3 is 19.7 Å². The van der Waals surface area contributed by atoms with Crippen LogP contribution in [0.5, 0.6) is 0 Å². The monoisotopic (exact) mass is 249 g/mol. The lowest BCUT2D eigenvalue weighted by molar-refractivity contribution is -0.289. The first kappa shape index (κ1) is 14.3. The number of methoxy groups -OCH3 is 1. The molecule has 1 rings (SSSR count). The summed E-state index contributed by atoms with van der Waals surface area (Å²) in [4.78, 5) is 16.1. The summed E-state index contributed by atoms with van der Waals surface area (Å²) in [6.07, 6.45) is -1.34. The van der Waals surface area contributed by atoms with Gasteiger partial charge in [-0.25, -0.2) is 4.84 Å². The fourth-order valence-corrected chi connectivity index (χ4v) is 1.39. The predicted octanol–water partition coefficient (Wildman–Crippen LogP) is -0.770. The summed E-state index contributed by atoms with van der Waals surface area (Å²) in [5.41, 5.74) is 0. The number of hydrogen-bond acceptors (Lipinski definition) is 6. The Morgan fingerprint density at radius 1 is 1.47 bits per heavy atom. The van der Waals surface area contributed by atoms with Crippen molar-refractivity contribution >= 4 is 5.91 Å². The maximum atomic E-state index is 11.2. The SMILES string of the molecule is COCCOCCC(O)ON1C(=O)CCC1O. The van der Waals surface area contributed by atoms with Crippen molar-refractivity contribution in [2.75, 3.05) is 26.9 Å². The topological polar surface area (TPSA) is 88.5 Å². The third kappa shape index (κ3) is 4.97. The van der Waals surface area contributed by atoms with Crippen LogP contribution in [0.2, 0.25) is 0 Å². The molecule has 2 N–H and O–H groups in total. The summed E-state index contributed by atoms with van der Waals surface area (Å²) in [6, 6.07) is 0. The smallest absolute Gasteiger partial charge is 0.248 e. The molecule has 1 aliphatic rings. The van der Waals surface area contributed by atoms with Gasteiger partial charge in [0.05, 0.1) is 19.8 Å². The number of aliphatic hydroxyl groups is 2. The molecular formula is C10H19NO6. The van der Waals surface area contributed by atoms with Crippen LogP contribution in [0.4, 0.5) is 0 Å². The second-order valence-electron chi connectivity index (χ2n) is 3.69. The molecule has 0 aromatic heterocycles. The van der Waals surface area contributed by atoms with E-state index in [1.54, 1.807) is 7.11 Å². The first-order valence-corrected chi connectivity index (χ1v) is 5.56. The van der Waals surface area contributed by atoms with E-state index < -0.39 is 12.5 Å². The van der Waals surface area contributed by atoms with E-state index in [4.69, 9.17) is 14.3 Å². The normalized spacial score (nSPS) is 22.2. The van der Waals surface area contributed by atoms with Crippen LogP contribution in [0.25, 0.3) is 0 Å². The molecule has 1 amide bonds. The summed E-state index contributed by atoms with van der Waals surface area (Å²) in [5.74, 6) is -0.322. The van der Waals surface area contributed by atoms with Crippen LogP contribution in [0, 0.1) is 0 Å². The summed E-state index contributed by atoms with van der Waals surface area (Å²) >= 11 is 0. The molecule has 2 atom stereocenters. The lowest BCUT2D eigenvalue weighted by Gasteiger charge is -2.22. The van der Waals surface area contributed by atoms with Gasteiger partial charge in [-0.3, -0.25) is 4.79 Å². The first-order valence-electron chi connectivity index (χ1n) is 5.56. The maximum Gasteiger partial charge on any atom is 0.248 e. The summed E-state index contributed by atoms with van der Waals surface area (Å²) in [5, 5.41) is 19.7. The molecule has 7 heteroatoms. The average Bonchev–Trinajstić information content (AvgIpc) is 2.60. The zero-order valence-corrected chi connectivity index (χ0v) is 9.87. The summed E-state index contributed by atoms with van der Waals surface area (Å²) in [6.45, 7) is 1.22. The van der Waals surface area contributed by atoms with E-state index in [-0.39, 0.29) is 18.7 Å². The number of hydrogen-bond donors (Lipinski definition) is 2. The zero-order chi connectivity index (χ0) is 12.7. The summed E-state index contributed by atoms with van der Waals surface area (Å²) in [7, 11) is 1.57. The van der Waals surface area contributed by atoms with Gasteiger partial charge in [-0.15, -0.1) is 0 Å². The highest BCUT2D eigenvalue weighted by Crippen LogP contribution is 2.17. The van der Waals surface area contributed by atoms with Crippen molar-refractivity contribution in [1.29, 1.82) is 0 Å². The average molecular weight is 249 g/mol. The fourth-order valence-electron chi connectivity index (χ4n) is 1.39. The number of aliphatic hydroxyl groups excluding tert-OH is 2. The van der Waals surface area contributed by atoms with Gasteiger partial charge >= 0.3 is 0 Å². The summed E-state index contributed by atoms with van der Waals surface area (Å²) < 4.78 is 9.91. The first-order chi connectivity index (χ1) is 8.15. The Morgan fingerprint density at radius 2 is 2.24 bits per heavy atom. The van der Waals surface area contributed by atoms with Gasteiger partial charge in [-0.05, 0) is 0 Å². The van der Waals surface area contributed by atoms with Crippen LogP contribution in [0.15, 0.2) is 0 Å². The highest BCUT2D eigenvalue weighted by atomic mass is 16.8. The highest BCUT2D eigenvalue weighted by molar-refractivity contribution is 5.77. The van der Waals surface area contributed by atoms with Crippen LogP contribution in [-0.2, 0) is 19.1 Å². The zero-order valence-electron chi connectivity index (χ0n) is 9.87. The third-order valence-electron chi connectivity index (χ3n) is 2.31. The Balaban J connectivity index is 2.11. The van der Waals surface area contributed by atoms with Crippen LogP contribution >= 0.6 is 0 Å². The molecule has 2 unspecified atom stereocenters. The molecule has 0 aliphatic carbocycles. The second-order valence-corrected chi connectivity index (χ2v) is 3.69.